The minimum Gasteiger partial charge on any atom is -0.336 e. The van der Waals surface area contributed by atoms with E-state index in [1.165, 1.54) is 16.9 Å². The maximum absolute atomic E-state index is 4.16. The average molecular weight is 182 g/mol. The Labute approximate surface area is 82.9 Å². The van der Waals surface area contributed by atoms with Gasteiger partial charge in [-0.25, -0.2) is 0 Å². The van der Waals surface area contributed by atoms with Gasteiger partial charge in [-0.05, 0) is 18.2 Å². The van der Waals surface area contributed by atoms with E-state index in [0.717, 1.165) is 6.54 Å². The van der Waals surface area contributed by atoms with E-state index >= 15 is 0 Å². The van der Waals surface area contributed by atoms with Gasteiger partial charge in [0.1, 0.15) is 0 Å². The van der Waals surface area contributed by atoms with Crippen LogP contribution in [-0.2, 0) is 0 Å². The SMILES string of the molecule is C1=CCN2C(=C1)C=Cc1ccncc12. The summed E-state index contributed by atoms with van der Waals surface area (Å²) in [6.07, 6.45) is 14.4. The van der Waals surface area contributed by atoms with Gasteiger partial charge in [-0.1, -0.05) is 18.2 Å². The first-order valence-corrected chi connectivity index (χ1v) is 4.71. The Kier molecular flexibility index (Phi) is 1.53. The molecule has 0 N–H and O–H groups in total. The highest BCUT2D eigenvalue weighted by Gasteiger charge is 2.16. The van der Waals surface area contributed by atoms with Crippen molar-refractivity contribution in [1.82, 2.24) is 4.98 Å². The van der Waals surface area contributed by atoms with E-state index < -0.39 is 0 Å². The van der Waals surface area contributed by atoms with E-state index in [-0.39, 0.29) is 0 Å². The Hall–Kier alpha value is -1.83. The number of rotatable bonds is 0. The molecule has 14 heavy (non-hydrogen) atoms. The molecule has 0 saturated carbocycles. The van der Waals surface area contributed by atoms with Crippen molar-refractivity contribution < 1.29 is 0 Å². The molecule has 0 saturated heterocycles. The zero-order valence-electron chi connectivity index (χ0n) is 7.72. The van der Waals surface area contributed by atoms with Crippen molar-refractivity contribution in [2.75, 3.05) is 11.4 Å². The number of anilines is 1. The number of pyridine rings is 1. The van der Waals surface area contributed by atoms with Crippen molar-refractivity contribution in [3.05, 3.63) is 54.0 Å². The molecular formula is C12H10N2. The third-order valence-electron chi connectivity index (χ3n) is 2.56. The summed E-state index contributed by atoms with van der Waals surface area (Å²) >= 11 is 0. The minimum atomic E-state index is 0.939. The molecule has 2 aliphatic rings. The Balaban J connectivity index is 2.18. The van der Waals surface area contributed by atoms with Gasteiger partial charge >= 0.3 is 0 Å². The lowest BCUT2D eigenvalue weighted by atomic mass is 10.1. The molecular weight excluding hydrogens is 172 g/mol. The highest BCUT2D eigenvalue weighted by molar-refractivity contribution is 5.76. The fraction of sp³-hybridized carbons (Fsp3) is 0.0833. The lowest BCUT2D eigenvalue weighted by molar-refractivity contribution is 1.01. The van der Waals surface area contributed by atoms with Crippen LogP contribution in [0.3, 0.4) is 0 Å². The third-order valence-corrected chi connectivity index (χ3v) is 2.56. The van der Waals surface area contributed by atoms with Crippen LogP contribution >= 0.6 is 0 Å². The summed E-state index contributed by atoms with van der Waals surface area (Å²) in [7, 11) is 0. The zero-order chi connectivity index (χ0) is 9.38. The molecule has 3 rings (SSSR count). The molecule has 1 aromatic heterocycles. The van der Waals surface area contributed by atoms with Crippen molar-refractivity contribution in [1.29, 1.82) is 0 Å². The summed E-state index contributed by atoms with van der Waals surface area (Å²) in [4.78, 5) is 6.43. The van der Waals surface area contributed by atoms with E-state index in [9.17, 15) is 0 Å². The van der Waals surface area contributed by atoms with E-state index in [1.807, 2.05) is 18.5 Å². The van der Waals surface area contributed by atoms with Crippen molar-refractivity contribution >= 4 is 11.8 Å². The molecule has 2 nitrogen and oxygen atoms in total. The number of hydrogen-bond acceptors (Lipinski definition) is 2. The second kappa shape index (κ2) is 2.84. The van der Waals surface area contributed by atoms with Crippen molar-refractivity contribution in [3.63, 3.8) is 0 Å². The molecule has 0 fully saturated rings. The molecule has 0 aliphatic carbocycles. The highest BCUT2D eigenvalue weighted by atomic mass is 15.1. The van der Waals surface area contributed by atoms with Gasteiger partial charge in [0.15, 0.2) is 0 Å². The lowest BCUT2D eigenvalue weighted by Crippen LogP contribution is -2.25. The molecule has 1 aromatic rings. The normalized spacial score (nSPS) is 17.4. The Bertz CT molecular complexity index is 455. The summed E-state index contributed by atoms with van der Waals surface area (Å²) in [5, 5.41) is 0. The topological polar surface area (TPSA) is 16.1 Å². The Morgan fingerprint density at radius 3 is 3.29 bits per heavy atom. The number of aromatic nitrogens is 1. The quantitative estimate of drug-likeness (QED) is 0.612. The van der Waals surface area contributed by atoms with Gasteiger partial charge < -0.3 is 4.90 Å². The van der Waals surface area contributed by atoms with Crippen LogP contribution in [0, 0.1) is 0 Å². The van der Waals surface area contributed by atoms with Crippen LogP contribution < -0.4 is 4.90 Å². The van der Waals surface area contributed by atoms with Crippen LogP contribution in [0.5, 0.6) is 0 Å². The molecule has 0 bridgehead atoms. The average Bonchev–Trinajstić information content (AvgIpc) is 2.29. The van der Waals surface area contributed by atoms with Gasteiger partial charge in [-0.15, -0.1) is 0 Å². The lowest BCUT2D eigenvalue weighted by Gasteiger charge is -2.30. The molecule has 3 heterocycles. The molecule has 68 valence electrons. The van der Waals surface area contributed by atoms with Gasteiger partial charge in [-0.3, -0.25) is 4.98 Å². The predicted octanol–water partition coefficient (Wildman–Crippen LogP) is 2.37. The first-order valence-electron chi connectivity index (χ1n) is 4.71. The number of fused-ring (bicyclic) bond motifs is 3. The van der Waals surface area contributed by atoms with Gasteiger partial charge in [0.2, 0.25) is 0 Å². The summed E-state index contributed by atoms with van der Waals surface area (Å²) in [5.74, 6) is 0. The highest BCUT2D eigenvalue weighted by Crippen LogP contribution is 2.30. The van der Waals surface area contributed by atoms with Gasteiger partial charge in [-0.2, -0.15) is 0 Å². The zero-order valence-corrected chi connectivity index (χ0v) is 7.72. The summed E-state index contributed by atoms with van der Waals surface area (Å²) < 4.78 is 0. The fourth-order valence-corrected chi connectivity index (χ4v) is 1.85. The van der Waals surface area contributed by atoms with Crippen LogP contribution in [0.1, 0.15) is 5.56 Å². The van der Waals surface area contributed by atoms with Crippen molar-refractivity contribution in [2.24, 2.45) is 0 Å². The maximum atomic E-state index is 4.16. The second-order valence-corrected chi connectivity index (χ2v) is 3.40. The number of allylic oxidation sites excluding steroid dienone is 3. The summed E-state index contributed by atoms with van der Waals surface area (Å²) in [5.41, 5.74) is 3.69. The van der Waals surface area contributed by atoms with E-state index in [1.54, 1.807) is 0 Å². The Morgan fingerprint density at radius 1 is 1.29 bits per heavy atom. The Morgan fingerprint density at radius 2 is 2.29 bits per heavy atom. The van der Waals surface area contributed by atoms with Crippen LogP contribution in [0.15, 0.2) is 48.5 Å². The van der Waals surface area contributed by atoms with E-state index in [4.69, 9.17) is 0 Å². The molecule has 0 spiro atoms. The molecule has 0 amide bonds. The molecule has 2 heteroatoms. The first-order chi connectivity index (χ1) is 6.95. The van der Waals surface area contributed by atoms with Crippen LogP contribution in [0.25, 0.3) is 6.08 Å². The molecule has 0 radical (unpaired) electrons. The molecule has 0 aromatic carbocycles. The number of hydrogen-bond donors (Lipinski definition) is 0. The van der Waals surface area contributed by atoms with Gasteiger partial charge in [0.25, 0.3) is 0 Å². The summed E-state index contributed by atoms with van der Waals surface area (Å²) in [6.45, 7) is 0.939. The fourth-order valence-electron chi connectivity index (χ4n) is 1.85. The minimum absolute atomic E-state index is 0.939. The largest absolute Gasteiger partial charge is 0.336 e. The maximum Gasteiger partial charge on any atom is 0.0673 e. The third kappa shape index (κ3) is 1.01. The molecule has 0 atom stereocenters. The number of nitrogens with zero attached hydrogens (tertiary/aromatic N) is 2. The van der Waals surface area contributed by atoms with E-state index in [2.05, 4.69) is 40.3 Å². The van der Waals surface area contributed by atoms with Crippen LogP contribution in [0.2, 0.25) is 0 Å². The van der Waals surface area contributed by atoms with E-state index in [0.29, 0.717) is 0 Å². The molecule has 0 unspecified atom stereocenters. The monoisotopic (exact) mass is 182 g/mol. The second-order valence-electron chi connectivity index (χ2n) is 3.40. The standard InChI is InChI=1S/C12H10N2/c1-2-8-14-11(3-1)5-4-10-6-7-13-9-12(10)14/h1-7,9H,8H2. The van der Waals surface area contributed by atoms with Crippen molar-refractivity contribution in [2.45, 2.75) is 0 Å². The predicted molar refractivity (Wildman–Crippen MR) is 57.8 cm³/mol. The van der Waals surface area contributed by atoms with Crippen LogP contribution in [0.4, 0.5) is 5.69 Å². The molecule has 2 aliphatic heterocycles. The summed E-state index contributed by atoms with van der Waals surface area (Å²) in [6, 6.07) is 2.04. The smallest absolute Gasteiger partial charge is 0.0673 e. The van der Waals surface area contributed by atoms with Gasteiger partial charge in [0.05, 0.1) is 11.9 Å². The van der Waals surface area contributed by atoms with Crippen LogP contribution in [-0.4, -0.2) is 11.5 Å². The first kappa shape index (κ1) is 7.56. The van der Waals surface area contributed by atoms with Crippen molar-refractivity contribution in [3.8, 4) is 0 Å². The van der Waals surface area contributed by atoms with Gasteiger partial charge in [0, 0.05) is 24.0 Å².